The maximum atomic E-state index is 13.0. The van der Waals surface area contributed by atoms with E-state index in [0.717, 1.165) is 31.7 Å². The molecular formula is C18H23FN2. The van der Waals surface area contributed by atoms with Crippen molar-refractivity contribution in [2.45, 2.75) is 19.9 Å². The van der Waals surface area contributed by atoms with Crippen LogP contribution in [0.15, 0.2) is 48.5 Å². The highest BCUT2D eigenvalue weighted by Crippen LogP contribution is 2.18. The zero-order valence-electron chi connectivity index (χ0n) is 12.8. The third-order valence-corrected chi connectivity index (χ3v) is 3.63. The van der Waals surface area contributed by atoms with Crippen molar-refractivity contribution in [1.29, 1.82) is 0 Å². The van der Waals surface area contributed by atoms with Gasteiger partial charge in [-0.1, -0.05) is 24.3 Å². The highest BCUT2D eigenvalue weighted by atomic mass is 19.1. The molecule has 0 amide bonds. The summed E-state index contributed by atoms with van der Waals surface area (Å²) in [5.74, 6) is -0.191. The van der Waals surface area contributed by atoms with E-state index in [1.54, 1.807) is 0 Å². The molecule has 2 aromatic carbocycles. The molecule has 0 saturated carbocycles. The second-order valence-electron chi connectivity index (χ2n) is 5.16. The quantitative estimate of drug-likeness (QED) is 0.836. The van der Waals surface area contributed by atoms with Gasteiger partial charge in [0.1, 0.15) is 5.82 Å². The third-order valence-electron chi connectivity index (χ3n) is 3.63. The zero-order valence-corrected chi connectivity index (χ0v) is 12.8. The summed E-state index contributed by atoms with van der Waals surface area (Å²) in [7, 11) is 1.97. The highest BCUT2D eigenvalue weighted by Gasteiger charge is 2.05. The Hall–Kier alpha value is -1.87. The molecule has 3 heteroatoms. The van der Waals surface area contributed by atoms with E-state index < -0.39 is 0 Å². The molecule has 0 heterocycles. The minimum atomic E-state index is -0.191. The van der Waals surface area contributed by atoms with Crippen LogP contribution in [0.5, 0.6) is 0 Å². The van der Waals surface area contributed by atoms with Gasteiger partial charge in [0.2, 0.25) is 0 Å². The zero-order chi connectivity index (χ0) is 15.1. The van der Waals surface area contributed by atoms with Crippen LogP contribution >= 0.6 is 0 Å². The molecule has 2 aromatic rings. The normalized spacial score (nSPS) is 10.6. The van der Waals surface area contributed by atoms with Crippen LogP contribution < -0.4 is 10.2 Å². The van der Waals surface area contributed by atoms with Crippen LogP contribution in [0.4, 0.5) is 10.1 Å². The average Bonchev–Trinajstić information content (AvgIpc) is 2.53. The summed E-state index contributed by atoms with van der Waals surface area (Å²) >= 11 is 0. The summed E-state index contributed by atoms with van der Waals surface area (Å²) < 4.78 is 13.0. The topological polar surface area (TPSA) is 15.3 Å². The van der Waals surface area contributed by atoms with Gasteiger partial charge in [-0.05, 0) is 62.3 Å². The molecule has 0 aromatic heterocycles. The second kappa shape index (κ2) is 7.79. The Labute approximate surface area is 126 Å². The maximum Gasteiger partial charge on any atom is 0.123 e. The Balaban J connectivity index is 2.02. The number of rotatable bonds is 7. The summed E-state index contributed by atoms with van der Waals surface area (Å²) in [6.07, 6.45) is 1.05. The van der Waals surface area contributed by atoms with Gasteiger partial charge < -0.3 is 10.2 Å². The first kappa shape index (κ1) is 15.5. The molecule has 1 N–H and O–H groups in total. The Morgan fingerprint density at radius 2 is 1.57 bits per heavy atom. The predicted molar refractivity (Wildman–Crippen MR) is 87.2 cm³/mol. The molecule has 0 fully saturated rings. The standard InChI is InChI=1S/C18H23FN2/c1-3-21(18-10-8-17(19)9-11-18)14-16-6-4-15(5-7-16)12-13-20-2/h4-11,20H,3,12-14H2,1-2H3. The number of likely N-dealkylation sites (N-methyl/N-ethyl adjacent to an activating group) is 1. The fraction of sp³-hybridized carbons (Fsp3) is 0.333. The Morgan fingerprint density at radius 1 is 0.952 bits per heavy atom. The van der Waals surface area contributed by atoms with Gasteiger partial charge in [-0.15, -0.1) is 0 Å². The van der Waals surface area contributed by atoms with E-state index in [9.17, 15) is 4.39 Å². The van der Waals surface area contributed by atoms with Gasteiger partial charge in [0, 0.05) is 18.8 Å². The average molecular weight is 286 g/mol. The minimum absolute atomic E-state index is 0.191. The van der Waals surface area contributed by atoms with Crippen LogP contribution in [0.3, 0.4) is 0 Å². The third kappa shape index (κ3) is 4.57. The van der Waals surface area contributed by atoms with Crippen LogP contribution in [-0.2, 0) is 13.0 Å². The van der Waals surface area contributed by atoms with Gasteiger partial charge in [0.25, 0.3) is 0 Å². The molecule has 0 aliphatic rings. The van der Waals surface area contributed by atoms with Gasteiger partial charge in [-0.2, -0.15) is 0 Å². The van der Waals surface area contributed by atoms with Crippen molar-refractivity contribution >= 4 is 5.69 Å². The lowest BCUT2D eigenvalue weighted by molar-refractivity contribution is 0.627. The van der Waals surface area contributed by atoms with Gasteiger partial charge >= 0.3 is 0 Å². The van der Waals surface area contributed by atoms with E-state index in [-0.39, 0.29) is 5.82 Å². The number of hydrogen-bond donors (Lipinski definition) is 1. The van der Waals surface area contributed by atoms with E-state index in [1.807, 2.05) is 19.2 Å². The Bertz CT molecular complexity index is 534. The van der Waals surface area contributed by atoms with Crippen LogP contribution in [0.25, 0.3) is 0 Å². The van der Waals surface area contributed by atoms with Crippen LogP contribution in [0.1, 0.15) is 18.1 Å². The highest BCUT2D eigenvalue weighted by molar-refractivity contribution is 5.46. The van der Waals surface area contributed by atoms with Crippen molar-refractivity contribution in [3.05, 3.63) is 65.5 Å². The Morgan fingerprint density at radius 3 is 2.14 bits per heavy atom. The largest absolute Gasteiger partial charge is 0.367 e. The van der Waals surface area contributed by atoms with E-state index in [0.29, 0.717) is 0 Å². The molecule has 2 nitrogen and oxygen atoms in total. The smallest absolute Gasteiger partial charge is 0.123 e. The predicted octanol–water partition coefficient (Wildman–Crippen LogP) is 3.61. The lowest BCUT2D eigenvalue weighted by Crippen LogP contribution is -2.21. The SMILES string of the molecule is CCN(Cc1ccc(CCNC)cc1)c1ccc(F)cc1. The Kier molecular flexibility index (Phi) is 5.76. The van der Waals surface area contributed by atoms with E-state index in [4.69, 9.17) is 0 Å². The molecule has 2 rings (SSSR count). The van der Waals surface area contributed by atoms with Crippen molar-refractivity contribution in [2.24, 2.45) is 0 Å². The number of nitrogens with zero attached hydrogens (tertiary/aromatic N) is 1. The summed E-state index contributed by atoms with van der Waals surface area (Å²) in [4.78, 5) is 2.24. The van der Waals surface area contributed by atoms with Gasteiger partial charge in [-0.25, -0.2) is 4.39 Å². The first-order chi connectivity index (χ1) is 10.2. The van der Waals surface area contributed by atoms with Crippen molar-refractivity contribution in [1.82, 2.24) is 5.32 Å². The van der Waals surface area contributed by atoms with Gasteiger partial charge in [-0.3, -0.25) is 0 Å². The molecule has 0 saturated heterocycles. The molecule has 0 spiro atoms. The van der Waals surface area contributed by atoms with Crippen molar-refractivity contribution in [3.63, 3.8) is 0 Å². The van der Waals surface area contributed by atoms with E-state index >= 15 is 0 Å². The first-order valence-electron chi connectivity index (χ1n) is 7.46. The van der Waals surface area contributed by atoms with Crippen molar-refractivity contribution in [2.75, 3.05) is 25.0 Å². The molecular weight excluding hydrogens is 263 g/mol. The molecule has 112 valence electrons. The summed E-state index contributed by atoms with van der Waals surface area (Å²) in [6, 6.07) is 15.4. The minimum Gasteiger partial charge on any atom is -0.367 e. The monoisotopic (exact) mass is 286 g/mol. The van der Waals surface area contributed by atoms with Crippen LogP contribution in [-0.4, -0.2) is 20.1 Å². The molecule has 21 heavy (non-hydrogen) atoms. The first-order valence-corrected chi connectivity index (χ1v) is 7.46. The lowest BCUT2D eigenvalue weighted by Gasteiger charge is -2.23. The number of anilines is 1. The van der Waals surface area contributed by atoms with Crippen molar-refractivity contribution < 1.29 is 4.39 Å². The van der Waals surface area contributed by atoms with Gasteiger partial charge in [0.05, 0.1) is 0 Å². The maximum absolute atomic E-state index is 13.0. The molecule has 0 radical (unpaired) electrons. The summed E-state index contributed by atoms with van der Waals surface area (Å²) in [6.45, 7) is 4.85. The lowest BCUT2D eigenvalue weighted by atomic mass is 10.1. The summed E-state index contributed by atoms with van der Waals surface area (Å²) in [5.41, 5.74) is 3.67. The number of nitrogens with one attached hydrogen (secondary N) is 1. The van der Waals surface area contributed by atoms with E-state index in [2.05, 4.69) is 41.4 Å². The second-order valence-corrected chi connectivity index (χ2v) is 5.16. The number of hydrogen-bond acceptors (Lipinski definition) is 2. The van der Waals surface area contributed by atoms with Crippen LogP contribution in [0.2, 0.25) is 0 Å². The van der Waals surface area contributed by atoms with E-state index in [1.165, 1.54) is 23.3 Å². The molecule has 0 atom stereocenters. The number of halogens is 1. The molecule has 0 aliphatic carbocycles. The fourth-order valence-corrected chi connectivity index (χ4v) is 2.34. The summed E-state index contributed by atoms with van der Waals surface area (Å²) in [5, 5.41) is 3.16. The number of benzene rings is 2. The van der Waals surface area contributed by atoms with Crippen molar-refractivity contribution in [3.8, 4) is 0 Å². The molecule has 0 aliphatic heterocycles. The molecule has 0 bridgehead atoms. The van der Waals surface area contributed by atoms with Gasteiger partial charge in [0.15, 0.2) is 0 Å². The molecule has 0 unspecified atom stereocenters. The fourth-order valence-electron chi connectivity index (χ4n) is 2.34. The van der Waals surface area contributed by atoms with Crippen LogP contribution in [0, 0.1) is 5.82 Å².